The molecule has 0 amide bonds. The Kier molecular flexibility index (Phi) is 4.01. The first kappa shape index (κ1) is 12.4. The monoisotopic (exact) mass is 292 g/mol. The number of aliphatic hydroxyl groups excluding tert-OH is 1. The zero-order valence-corrected chi connectivity index (χ0v) is 11.5. The zero-order valence-electron chi connectivity index (χ0n) is 9.84. The predicted octanol–water partition coefficient (Wildman–Crippen LogP) is 1.92. The van der Waals surface area contributed by atoms with Gasteiger partial charge in [-0.15, -0.1) is 0 Å². The first-order chi connectivity index (χ1) is 8.24. The molecule has 0 heterocycles. The van der Waals surface area contributed by atoms with Crippen molar-refractivity contribution in [1.29, 1.82) is 0 Å². The van der Waals surface area contributed by atoms with E-state index in [1.807, 2.05) is 24.3 Å². The van der Waals surface area contributed by atoms with Crippen molar-refractivity contribution in [3.63, 3.8) is 0 Å². The second-order valence-corrected chi connectivity index (χ2v) is 7.48. The van der Waals surface area contributed by atoms with E-state index in [4.69, 9.17) is 0 Å². The van der Waals surface area contributed by atoms with Crippen LogP contribution in [0.5, 0.6) is 0 Å². The van der Waals surface area contributed by atoms with Crippen molar-refractivity contribution < 1.29 is 5.11 Å². The minimum absolute atomic E-state index is 0.143. The van der Waals surface area contributed by atoms with Crippen molar-refractivity contribution in [1.82, 2.24) is 0 Å². The van der Waals surface area contributed by atoms with Crippen molar-refractivity contribution in [3.05, 3.63) is 66.2 Å². The van der Waals surface area contributed by atoms with Crippen LogP contribution in [0.25, 0.3) is 0 Å². The van der Waals surface area contributed by atoms with E-state index in [1.54, 1.807) is 0 Å². The van der Waals surface area contributed by atoms with Crippen LogP contribution < -0.4 is 4.46 Å². The van der Waals surface area contributed by atoms with Gasteiger partial charge in [-0.05, 0) is 0 Å². The third-order valence-corrected chi connectivity index (χ3v) is 5.55. The van der Waals surface area contributed by atoms with Gasteiger partial charge in [0.1, 0.15) is 0 Å². The van der Waals surface area contributed by atoms with Crippen LogP contribution in [-0.2, 0) is 4.31 Å². The predicted molar refractivity (Wildman–Crippen MR) is 72.7 cm³/mol. The van der Waals surface area contributed by atoms with Gasteiger partial charge in [0, 0.05) is 0 Å². The van der Waals surface area contributed by atoms with E-state index in [-0.39, 0.29) is 25.9 Å². The summed E-state index contributed by atoms with van der Waals surface area (Å²) in [5.41, 5.74) is 1.21. The molecule has 1 nitrogen and oxygen atoms in total. The fourth-order valence-corrected chi connectivity index (χ4v) is 4.10. The van der Waals surface area contributed by atoms with Gasteiger partial charge in [0.15, 0.2) is 0 Å². The van der Waals surface area contributed by atoms with Crippen LogP contribution in [0.2, 0.25) is 0 Å². The van der Waals surface area contributed by atoms with Crippen molar-refractivity contribution >= 4 is 19.4 Å². The molecule has 0 aromatic heterocycles. The molecule has 0 spiro atoms. The van der Waals surface area contributed by atoms with Crippen LogP contribution in [-0.4, -0.2) is 26.7 Å². The number of hydrogen-bond acceptors (Lipinski definition) is 1. The summed E-state index contributed by atoms with van der Waals surface area (Å²) >= 11 is 0.227. The molecule has 0 fully saturated rings. The Balaban J connectivity index is 2.27. The molecule has 17 heavy (non-hydrogen) atoms. The summed E-state index contributed by atoms with van der Waals surface area (Å²) in [5, 5.41) is 9.72. The van der Waals surface area contributed by atoms with Crippen LogP contribution in [0, 0.1) is 0 Å². The van der Waals surface area contributed by atoms with Crippen molar-refractivity contribution in [3.8, 4) is 0 Å². The molecule has 0 aliphatic heterocycles. The maximum absolute atomic E-state index is 9.72. The Morgan fingerprint density at radius 2 is 1.47 bits per heavy atom. The van der Waals surface area contributed by atoms with Gasteiger partial charge in [0.2, 0.25) is 0 Å². The second-order valence-electron chi connectivity index (χ2n) is 4.17. The molecule has 0 bridgehead atoms. The van der Waals surface area contributed by atoms with Crippen molar-refractivity contribution in [2.24, 2.45) is 0 Å². The zero-order chi connectivity index (χ0) is 12.1. The standard InChI is InChI=1S/C15H16OSe/c1-15(12-16,13-8-4-2-5-9-13)17-14-10-6-3-7-11-14/h2-11,16H,12H2,1H3. The molecule has 2 heteroatoms. The van der Waals surface area contributed by atoms with Gasteiger partial charge in [-0.3, -0.25) is 0 Å². The number of rotatable bonds is 4. The molecule has 0 saturated heterocycles. The number of benzene rings is 2. The summed E-state index contributed by atoms with van der Waals surface area (Å²) in [4.78, 5) is 0. The quantitative estimate of drug-likeness (QED) is 0.853. The second kappa shape index (κ2) is 5.50. The average Bonchev–Trinajstić information content (AvgIpc) is 2.41. The number of aliphatic hydroxyl groups is 1. The molecule has 1 N–H and O–H groups in total. The summed E-state index contributed by atoms with van der Waals surface area (Å²) in [6, 6.07) is 20.7. The Morgan fingerprint density at radius 3 is 2.00 bits per heavy atom. The molecule has 2 aromatic rings. The average molecular weight is 291 g/mol. The van der Waals surface area contributed by atoms with E-state index in [0.717, 1.165) is 0 Å². The normalized spacial score (nSPS) is 14.2. The van der Waals surface area contributed by atoms with E-state index in [1.165, 1.54) is 10.0 Å². The molecular formula is C15H16OSe. The molecule has 1 atom stereocenters. The minimum atomic E-state index is -0.143. The van der Waals surface area contributed by atoms with Crippen LogP contribution >= 0.6 is 0 Å². The molecular weight excluding hydrogens is 275 g/mol. The maximum atomic E-state index is 9.72. The molecule has 2 rings (SSSR count). The fourth-order valence-electron chi connectivity index (χ4n) is 1.72. The van der Waals surface area contributed by atoms with E-state index in [0.29, 0.717) is 0 Å². The van der Waals surface area contributed by atoms with Crippen molar-refractivity contribution in [2.75, 3.05) is 6.61 Å². The van der Waals surface area contributed by atoms with Gasteiger partial charge in [0.05, 0.1) is 0 Å². The molecule has 0 saturated carbocycles. The molecule has 0 aliphatic rings. The van der Waals surface area contributed by atoms with Crippen LogP contribution in [0.4, 0.5) is 0 Å². The molecule has 88 valence electrons. The number of hydrogen-bond donors (Lipinski definition) is 1. The molecule has 1 unspecified atom stereocenters. The first-order valence-corrected chi connectivity index (χ1v) is 7.36. The van der Waals surface area contributed by atoms with Gasteiger partial charge in [-0.25, -0.2) is 0 Å². The van der Waals surface area contributed by atoms with E-state index in [2.05, 4.69) is 43.3 Å². The summed E-state index contributed by atoms with van der Waals surface area (Å²) in [5.74, 6) is 0. The third-order valence-electron chi connectivity index (χ3n) is 2.77. The summed E-state index contributed by atoms with van der Waals surface area (Å²) < 4.78 is 1.18. The molecule has 2 aromatic carbocycles. The Morgan fingerprint density at radius 1 is 0.941 bits per heavy atom. The SMILES string of the molecule is CC(CO)([Se]c1ccccc1)c1ccccc1. The van der Waals surface area contributed by atoms with Gasteiger partial charge in [-0.2, -0.15) is 0 Å². The topological polar surface area (TPSA) is 20.2 Å². The first-order valence-electron chi connectivity index (χ1n) is 5.65. The summed E-state index contributed by atoms with van der Waals surface area (Å²) in [6.45, 7) is 2.32. The summed E-state index contributed by atoms with van der Waals surface area (Å²) in [6.07, 6.45) is 0. The van der Waals surface area contributed by atoms with Crippen LogP contribution in [0.15, 0.2) is 60.7 Å². The van der Waals surface area contributed by atoms with E-state index >= 15 is 0 Å². The molecule has 0 radical (unpaired) electrons. The van der Waals surface area contributed by atoms with E-state index in [9.17, 15) is 5.11 Å². The van der Waals surface area contributed by atoms with Gasteiger partial charge in [-0.1, -0.05) is 0 Å². The third kappa shape index (κ3) is 2.98. The summed E-state index contributed by atoms with van der Waals surface area (Å²) in [7, 11) is 0. The van der Waals surface area contributed by atoms with Crippen LogP contribution in [0.3, 0.4) is 0 Å². The van der Waals surface area contributed by atoms with Crippen LogP contribution in [0.1, 0.15) is 12.5 Å². The van der Waals surface area contributed by atoms with Gasteiger partial charge >= 0.3 is 109 Å². The van der Waals surface area contributed by atoms with E-state index < -0.39 is 0 Å². The fraction of sp³-hybridized carbons (Fsp3) is 0.200. The Hall–Kier alpha value is -1.08. The molecule has 0 aliphatic carbocycles. The Bertz CT molecular complexity index is 455. The van der Waals surface area contributed by atoms with Crippen molar-refractivity contribution in [2.45, 2.75) is 11.2 Å². The Labute approximate surface area is 109 Å². The van der Waals surface area contributed by atoms with Gasteiger partial charge < -0.3 is 0 Å². The van der Waals surface area contributed by atoms with Gasteiger partial charge in [0.25, 0.3) is 0 Å².